The third-order valence-corrected chi connectivity index (χ3v) is 2.66. The maximum Gasteiger partial charge on any atom is 0.394 e. The molecule has 0 saturated carbocycles. The molecule has 2 N–H and O–H groups in total. The van der Waals surface area contributed by atoms with Gasteiger partial charge in [-0.05, 0) is 18.4 Å². The summed E-state index contributed by atoms with van der Waals surface area (Å²) in [6.07, 6.45) is 9.60. The van der Waals surface area contributed by atoms with Gasteiger partial charge in [0.05, 0.1) is 0 Å². The second-order valence-electron chi connectivity index (χ2n) is 4.45. The van der Waals surface area contributed by atoms with E-state index in [1.54, 1.807) is 0 Å². The molecule has 0 spiro atoms. The molecule has 1 rings (SSSR count). The van der Waals surface area contributed by atoms with Crippen molar-refractivity contribution in [2.75, 3.05) is 0 Å². The van der Waals surface area contributed by atoms with Gasteiger partial charge in [0, 0.05) is 0 Å². The molecule has 0 atom stereocenters. The summed E-state index contributed by atoms with van der Waals surface area (Å²) in [5.74, 6) is 0. The second-order valence-corrected chi connectivity index (χ2v) is 5.35. The Kier molecular flexibility index (Phi) is 10.4. The van der Waals surface area contributed by atoms with Gasteiger partial charge in [-0.1, -0.05) is 69.4 Å². The fourth-order valence-electron chi connectivity index (χ4n) is 1.75. The van der Waals surface area contributed by atoms with Crippen molar-refractivity contribution in [3.8, 4) is 0 Å². The molecule has 0 unspecified atom stereocenters. The molecule has 0 bridgehead atoms. The lowest BCUT2D eigenvalue weighted by Gasteiger charge is -2.01. The third-order valence-electron chi connectivity index (χ3n) is 2.66. The molecular weight excluding hydrogens is 264 g/mol. The minimum absolute atomic E-state index is 1.26. The van der Waals surface area contributed by atoms with E-state index in [1.807, 2.05) is 0 Å². The summed E-state index contributed by atoms with van der Waals surface area (Å²) in [4.78, 5) is 0. The van der Waals surface area contributed by atoms with E-state index in [9.17, 15) is 0 Å². The van der Waals surface area contributed by atoms with Crippen molar-refractivity contribution in [3.63, 3.8) is 0 Å². The topological polar surface area (TPSA) is 74.6 Å². The van der Waals surface area contributed by atoms with Gasteiger partial charge in [-0.2, -0.15) is 8.42 Å². The number of rotatable bonds is 7. The summed E-state index contributed by atoms with van der Waals surface area (Å²) in [7, 11) is -4.67. The number of unbranched alkanes of at least 4 members (excludes halogenated alkanes) is 5. The third kappa shape index (κ3) is 17.1. The van der Waals surface area contributed by atoms with Gasteiger partial charge < -0.3 is 0 Å². The van der Waals surface area contributed by atoms with Gasteiger partial charge in [-0.3, -0.25) is 9.11 Å². The van der Waals surface area contributed by atoms with Gasteiger partial charge in [0.15, 0.2) is 0 Å². The van der Waals surface area contributed by atoms with E-state index in [4.69, 9.17) is 17.5 Å². The van der Waals surface area contributed by atoms with Crippen LogP contribution in [0, 0.1) is 0 Å². The van der Waals surface area contributed by atoms with E-state index < -0.39 is 10.4 Å². The van der Waals surface area contributed by atoms with E-state index in [0.717, 1.165) is 0 Å². The molecule has 0 aliphatic rings. The van der Waals surface area contributed by atoms with Crippen LogP contribution in [-0.2, 0) is 16.8 Å². The van der Waals surface area contributed by atoms with E-state index >= 15 is 0 Å². The molecule has 0 radical (unpaired) electrons. The Hall–Kier alpha value is -0.910. The zero-order valence-electron chi connectivity index (χ0n) is 11.5. The first-order chi connectivity index (χ1) is 8.93. The summed E-state index contributed by atoms with van der Waals surface area (Å²) in [5, 5.41) is 0. The summed E-state index contributed by atoms with van der Waals surface area (Å²) < 4.78 is 31.6. The predicted molar refractivity (Wildman–Crippen MR) is 77.7 cm³/mol. The maximum absolute atomic E-state index is 8.74. The monoisotopic (exact) mass is 288 g/mol. The van der Waals surface area contributed by atoms with Gasteiger partial charge in [-0.15, -0.1) is 0 Å². The van der Waals surface area contributed by atoms with Crippen molar-refractivity contribution in [2.24, 2.45) is 0 Å². The minimum atomic E-state index is -4.67. The van der Waals surface area contributed by atoms with Crippen LogP contribution in [0.1, 0.15) is 51.0 Å². The Morgan fingerprint density at radius 3 is 1.89 bits per heavy atom. The second kappa shape index (κ2) is 11.0. The summed E-state index contributed by atoms with van der Waals surface area (Å²) in [6.45, 7) is 2.27. The van der Waals surface area contributed by atoms with Gasteiger partial charge in [-0.25, -0.2) is 0 Å². The fraction of sp³-hybridized carbons (Fsp3) is 0.571. The average Bonchev–Trinajstić information content (AvgIpc) is 2.33. The van der Waals surface area contributed by atoms with E-state index in [0.29, 0.717) is 0 Å². The molecule has 5 heteroatoms. The molecular formula is C14H24O4S. The van der Waals surface area contributed by atoms with Crippen molar-refractivity contribution >= 4 is 10.4 Å². The smallest absolute Gasteiger partial charge is 0.264 e. The van der Waals surface area contributed by atoms with Crippen molar-refractivity contribution in [1.82, 2.24) is 0 Å². The van der Waals surface area contributed by atoms with Crippen LogP contribution in [0.4, 0.5) is 0 Å². The van der Waals surface area contributed by atoms with Crippen LogP contribution in [0.25, 0.3) is 0 Å². The molecule has 110 valence electrons. The van der Waals surface area contributed by atoms with Gasteiger partial charge >= 0.3 is 10.4 Å². The van der Waals surface area contributed by atoms with Crippen LogP contribution >= 0.6 is 0 Å². The highest BCUT2D eigenvalue weighted by Gasteiger charge is 1.92. The number of benzene rings is 1. The van der Waals surface area contributed by atoms with Crippen molar-refractivity contribution < 1.29 is 17.5 Å². The lowest BCUT2D eigenvalue weighted by molar-refractivity contribution is 0.381. The van der Waals surface area contributed by atoms with Crippen molar-refractivity contribution in [3.05, 3.63) is 35.9 Å². The lowest BCUT2D eigenvalue weighted by Crippen LogP contribution is -1.89. The first-order valence-corrected chi connectivity index (χ1v) is 8.07. The van der Waals surface area contributed by atoms with Gasteiger partial charge in [0.25, 0.3) is 0 Å². The zero-order valence-corrected chi connectivity index (χ0v) is 12.3. The molecule has 19 heavy (non-hydrogen) atoms. The fourth-order valence-corrected chi connectivity index (χ4v) is 1.75. The number of aryl methyl sites for hydroxylation is 1. The molecule has 0 aliphatic carbocycles. The van der Waals surface area contributed by atoms with Gasteiger partial charge in [0.1, 0.15) is 0 Å². The minimum Gasteiger partial charge on any atom is -0.264 e. The molecule has 0 saturated heterocycles. The Bertz CT molecular complexity index is 393. The quantitative estimate of drug-likeness (QED) is 0.588. The van der Waals surface area contributed by atoms with Crippen LogP contribution < -0.4 is 0 Å². The largest absolute Gasteiger partial charge is 0.394 e. The van der Waals surface area contributed by atoms with Crippen LogP contribution in [0.5, 0.6) is 0 Å². The van der Waals surface area contributed by atoms with Gasteiger partial charge in [0.2, 0.25) is 0 Å². The molecule has 1 aromatic rings. The first-order valence-electron chi connectivity index (χ1n) is 6.67. The highest BCUT2D eigenvalue weighted by Crippen LogP contribution is 2.09. The maximum atomic E-state index is 8.74. The molecule has 4 nitrogen and oxygen atoms in total. The summed E-state index contributed by atoms with van der Waals surface area (Å²) in [6, 6.07) is 10.8. The number of hydrogen-bond donors (Lipinski definition) is 2. The van der Waals surface area contributed by atoms with Crippen LogP contribution in [0.2, 0.25) is 0 Å². The SMILES string of the molecule is CCCCCCCCc1ccccc1.O=S(=O)(O)O. The average molecular weight is 288 g/mol. The molecule has 0 aromatic heterocycles. The Morgan fingerprint density at radius 2 is 1.37 bits per heavy atom. The zero-order chi connectivity index (χ0) is 14.6. The molecule has 1 aromatic carbocycles. The van der Waals surface area contributed by atoms with Crippen LogP contribution in [0.3, 0.4) is 0 Å². The molecule has 0 amide bonds. The Labute approximate surface area is 116 Å². The summed E-state index contributed by atoms with van der Waals surface area (Å²) >= 11 is 0. The summed E-state index contributed by atoms with van der Waals surface area (Å²) in [5.41, 5.74) is 1.49. The Balaban J connectivity index is 0.000000555. The highest BCUT2D eigenvalue weighted by molar-refractivity contribution is 7.79. The molecule has 0 aliphatic heterocycles. The number of hydrogen-bond acceptors (Lipinski definition) is 2. The predicted octanol–water partition coefficient (Wildman–Crippen LogP) is 3.94. The Morgan fingerprint density at radius 1 is 0.895 bits per heavy atom. The van der Waals surface area contributed by atoms with E-state index in [-0.39, 0.29) is 0 Å². The van der Waals surface area contributed by atoms with Crippen molar-refractivity contribution in [2.45, 2.75) is 51.9 Å². The van der Waals surface area contributed by atoms with E-state index in [1.165, 1.54) is 50.5 Å². The molecule has 0 fully saturated rings. The van der Waals surface area contributed by atoms with E-state index in [2.05, 4.69) is 37.3 Å². The molecule has 0 heterocycles. The normalized spacial score (nSPS) is 10.7. The van der Waals surface area contributed by atoms with Crippen LogP contribution in [-0.4, -0.2) is 17.5 Å². The lowest BCUT2D eigenvalue weighted by atomic mass is 10.1. The van der Waals surface area contributed by atoms with Crippen LogP contribution in [0.15, 0.2) is 30.3 Å². The standard InChI is InChI=1S/C14H22.H2O4S/c1-2-3-4-5-6-8-11-14-12-9-7-10-13-14;1-5(2,3)4/h7,9-10,12-13H,2-6,8,11H2,1H3;(H2,1,2,3,4). The first kappa shape index (κ1) is 18.1. The highest BCUT2D eigenvalue weighted by atomic mass is 32.3. The van der Waals surface area contributed by atoms with Crippen molar-refractivity contribution in [1.29, 1.82) is 0 Å².